The van der Waals surface area contributed by atoms with Gasteiger partial charge in [-0.15, -0.1) is 0 Å². The molecule has 0 aromatic carbocycles. The van der Waals surface area contributed by atoms with E-state index < -0.39 is 0 Å². The van der Waals surface area contributed by atoms with Gasteiger partial charge in [0, 0.05) is 11.5 Å². The van der Waals surface area contributed by atoms with Gasteiger partial charge in [-0.3, -0.25) is 0 Å². The van der Waals surface area contributed by atoms with Gasteiger partial charge in [0.05, 0.1) is 66.1 Å². The molecule has 0 atom stereocenters. The van der Waals surface area contributed by atoms with Gasteiger partial charge in [-0.25, -0.2) is 0 Å². The molecule has 0 unspecified atom stereocenters. The van der Waals surface area contributed by atoms with Crippen molar-refractivity contribution in [3.05, 3.63) is 0 Å². The molecule has 0 fully saturated rings. The molecule has 0 aromatic heterocycles. The van der Waals surface area contributed by atoms with Crippen LogP contribution in [0.4, 0.5) is 0 Å². The van der Waals surface area contributed by atoms with Crippen molar-refractivity contribution >= 4 is 25.3 Å². The average Bonchev–Trinajstić information content (AvgIpc) is 2.43. The Morgan fingerprint density at radius 3 is 0.789 bits per heavy atom. The first-order valence-electron chi connectivity index (χ1n) is 6.52. The van der Waals surface area contributed by atoms with Crippen molar-refractivity contribution < 1.29 is 23.7 Å². The third kappa shape index (κ3) is 18.5. The Morgan fingerprint density at radius 2 is 0.579 bits per heavy atom. The molecule has 0 bridgehead atoms. The van der Waals surface area contributed by atoms with Crippen molar-refractivity contribution in [2.24, 2.45) is 0 Å². The summed E-state index contributed by atoms with van der Waals surface area (Å²) in [6.45, 7) is 6.04. The first kappa shape index (κ1) is 19.5. The molecule has 0 aliphatic rings. The first-order valence-corrected chi connectivity index (χ1v) is 7.78. The molecule has 0 radical (unpaired) electrons. The van der Waals surface area contributed by atoms with Crippen molar-refractivity contribution in [2.75, 3.05) is 77.6 Å². The van der Waals surface area contributed by atoms with Crippen LogP contribution in [-0.4, -0.2) is 77.6 Å². The van der Waals surface area contributed by atoms with E-state index in [2.05, 4.69) is 25.3 Å². The van der Waals surface area contributed by atoms with Gasteiger partial charge in [-0.2, -0.15) is 25.3 Å². The van der Waals surface area contributed by atoms with Crippen LogP contribution in [0.25, 0.3) is 0 Å². The monoisotopic (exact) mass is 314 g/mol. The van der Waals surface area contributed by atoms with E-state index in [1.165, 1.54) is 0 Å². The fourth-order valence-corrected chi connectivity index (χ4v) is 1.37. The van der Waals surface area contributed by atoms with E-state index in [0.717, 1.165) is 11.5 Å². The summed E-state index contributed by atoms with van der Waals surface area (Å²) >= 11 is 8.07. The summed E-state index contributed by atoms with van der Waals surface area (Å²) in [5, 5.41) is 0. The van der Waals surface area contributed by atoms with Crippen LogP contribution in [0.3, 0.4) is 0 Å². The molecule has 5 nitrogen and oxygen atoms in total. The summed E-state index contributed by atoms with van der Waals surface area (Å²) in [4.78, 5) is 0. The molecule has 19 heavy (non-hydrogen) atoms. The molecular formula is C12H26O5S2. The molecule has 0 N–H and O–H groups in total. The molecule has 116 valence electrons. The van der Waals surface area contributed by atoms with E-state index in [4.69, 9.17) is 23.7 Å². The third-order valence-corrected chi connectivity index (χ3v) is 2.32. The van der Waals surface area contributed by atoms with E-state index in [-0.39, 0.29) is 0 Å². The SMILES string of the molecule is SCCOCCOCCOCCOCCOCCS. The Morgan fingerprint density at radius 1 is 0.368 bits per heavy atom. The van der Waals surface area contributed by atoms with E-state index in [1.54, 1.807) is 0 Å². The zero-order chi connectivity index (χ0) is 14.0. The number of ether oxygens (including phenoxy) is 5. The second kappa shape index (κ2) is 18.5. The fraction of sp³-hybridized carbons (Fsp3) is 1.00. The van der Waals surface area contributed by atoms with Crippen LogP contribution in [0.1, 0.15) is 0 Å². The lowest BCUT2D eigenvalue weighted by molar-refractivity contribution is -0.00900. The maximum atomic E-state index is 5.33. The molecule has 0 aliphatic carbocycles. The standard InChI is InChI=1S/C12H26O5S2/c18-11-9-16-7-5-14-3-1-13-2-4-15-6-8-17-10-12-19/h18-19H,1-12H2. The average molecular weight is 314 g/mol. The lowest BCUT2D eigenvalue weighted by Crippen LogP contribution is -2.13. The Kier molecular flexibility index (Phi) is 19.0. The smallest absolute Gasteiger partial charge is 0.0701 e. The second-order valence-electron chi connectivity index (χ2n) is 3.51. The molecule has 0 saturated heterocycles. The largest absolute Gasteiger partial charge is 0.378 e. The topological polar surface area (TPSA) is 46.2 Å². The Hall–Kier alpha value is 0.500. The van der Waals surface area contributed by atoms with Crippen molar-refractivity contribution in [1.29, 1.82) is 0 Å². The van der Waals surface area contributed by atoms with Crippen molar-refractivity contribution in [3.63, 3.8) is 0 Å². The van der Waals surface area contributed by atoms with Gasteiger partial charge in [0.25, 0.3) is 0 Å². The van der Waals surface area contributed by atoms with Gasteiger partial charge in [-0.05, 0) is 0 Å². The van der Waals surface area contributed by atoms with Crippen LogP contribution in [0, 0.1) is 0 Å². The highest BCUT2D eigenvalue weighted by Crippen LogP contribution is 1.84. The molecule has 0 heterocycles. The summed E-state index contributed by atoms with van der Waals surface area (Å²) in [6, 6.07) is 0. The summed E-state index contributed by atoms with van der Waals surface area (Å²) < 4.78 is 26.4. The maximum absolute atomic E-state index is 5.33. The number of rotatable bonds is 16. The van der Waals surface area contributed by atoms with Crippen LogP contribution < -0.4 is 0 Å². The fourth-order valence-electron chi connectivity index (χ4n) is 1.11. The Bertz CT molecular complexity index is 147. The highest BCUT2D eigenvalue weighted by molar-refractivity contribution is 7.80. The maximum Gasteiger partial charge on any atom is 0.0701 e. The van der Waals surface area contributed by atoms with Crippen LogP contribution in [0.15, 0.2) is 0 Å². The van der Waals surface area contributed by atoms with E-state index in [9.17, 15) is 0 Å². The lowest BCUT2D eigenvalue weighted by Gasteiger charge is -2.07. The Balaban J connectivity index is 2.88. The Labute approximate surface area is 127 Å². The minimum absolute atomic E-state index is 0.575. The van der Waals surface area contributed by atoms with Crippen molar-refractivity contribution in [2.45, 2.75) is 0 Å². The molecule has 0 aliphatic heterocycles. The first-order chi connectivity index (χ1) is 9.41. The van der Waals surface area contributed by atoms with Gasteiger partial charge in [0.15, 0.2) is 0 Å². The zero-order valence-electron chi connectivity index (χ0n) is 11.4. The molecule has 0 aromatic rings. The molecule has 7 heteroatoms. The van der Waals surface area contributed by atoms with Crippen LogP contribution >= 0.6 is 25.3 Å². The predicted molar refractivity (Wildman–Crippen MR) is 81.8 cm³/mol. The van der Waals surface area contributed by atoms with Gasteiger partial charge < -0.3 is 23.7 Å². The summed E-state index contributed by atoms with van der Waals surface area (Å²) in [6.07, 6.45) is 0. The van der Waals surface area contributed by atoms with E-state index in [0.29, 0.717) is 66.1 Å². The van der Waals surface area contributed by atoms with Crippen molar-refractivity contribution in [1.82, 2.24) is 0 Å². The third-order valence-electron chi connectivity index (χ3n) is 1.96. The van der Waals surface area contributed by atoms with E-state index >= 15 is 0 Å². The van der Waals surface area contributed by atoms with Gasteiger partial charge in [0.1, 0.15) is 0 Å². The summed E-state index contributed by atoms with van der Waals surface area (Å²) in [5.74, 6) is 1.48. The highest BCUT2D eigenvalue weighted by Gasteiger charge is 1.92. The van der Waals surface area contributed by atoms with Crippen molar-refractivity contribution in [3.8, 4) is 0 Å². The molecule has 0 saturated carbocycles. The summed E-state index contributed by atoms with van der Waals surface area (Å²) in [7, 11) is 0. The van der Waals surface area contributed by atoms with Gasteiger partial charge in [-0.1, -0.05) is 0 Å². The van der Waals surface area contributed by atoms with Gasteiger partial charge in [0.2, 0.25) is 0 Å². The van der Waals surface area contributed by atoms with Crippen LogP contribution in [-0.2, 0) is 23.7 Å². The molecular weight excluding hydrogens is 288 g/mol. The van der Waals surface area contributed by atoms with E-state index in [1.807, 2.05) is 0 Å². The number of thiol groups is 2. The minimum Gasteiger partial charge on any atom is -0.378 e. The quantitative estimate of drug-likeness (QED) is 0.328. The summed E-state index contributed by atoms with van der Waals surface area (Å²) in [5.41, 5.74) is 0. The lowest BCUT2D eigenvalue weighted by atomic mass is 10.7. The minimum atomic E-state index is 0.575. The second-order valence-corrected chi connectivity index (χ2v) is 4.40. The van der Waals surface area contributed by atoms with Gasteiger partial charge >= 0.3 is 0 Å². The normalized spacial score (nSPS) is 11.1. The predicted octanol–water partition coefficient (Wildman–Crippen LogP) is 0.929. The highest BCUT2D eigenvalue weighted by atomic mass is 32.1. The van der Waals surface area contributed by atoms with Crippen LogP contribution in [0.5, 0.6) is 0 Å². The number of hydrogen-bond donors (Lipinski definition) is 2. The molecule has 0 amide bonds. The zero-order valence-corrected chi connectivity index (χ0v) is 13.2. The molecule has 0 rings (SSSR count). The van der Waals surface area contributed by atoms with Crippen LogP contribution in [0.2, 0.25) is 0 Å². The molecule has 0 spiro atoms. The number of hydrogen-bond acceptors (Lipinski definition) is 7.